The number of nitrogens with zero attached hydrogens (tertiary/aromatic N) is 3. The SMILES string of the molecule is COc1ccc(C=Cc2cccn2N(C)c2ccncc2)cc1. The van der Waals surface area contributed by atoms with E-state index in [2.05, 4.69) is 32.9 Å². The molecule has 4 heteroatoms. The third kappa shape index (κ3) is 3.43. The van der Waals surface area contributed by atoms with E-state index in [1.54, 1.807) is 19.5 Å². The van der Waals surface area contributed by atoms with E-state index >= 15 is 0 Å². The Labute approximate surface area is 136 Å². The van der Waals surface area contributed by atoms with Gasteiger partial charge in [-0.1, -0.05) is 18.2 Å². The molecule has 23 heavy (non-hydrogen) atoms. The molecule has 0 atom stereocenters. The molecule has 4 nitrogen and oxygen atoms in total. The van der Waals surface area contributed by atoms with E-state index in [9.17, 15) is 0 Å². The van der Waals surface area contributed by atoms with Crippen LogP contribution in [0.1, 0.15) is 11.3 Å². The smallest absolute Gasteiger partial charge is 0.118 e. The summed E-state index contributed by atoms with van der Waals surface area (Å²) in [4.78, 5) is 4.06. The summed E-state index contributed by atoms with van der Waals surface area (Å²) in [5.74, 6) is 0.864. The van der Waals surface area contributed by atoms with Gasteiger partial charge in [0.1, 0.15) is 5.75 Å². The van der Waals surface area contributed by atoms with Gasteiger partial charge >= 0.3 is 0 Å². The molecule has 0 radical (unpaired) electrons. The summed E-state index contributed by atoms with van der Waals surface area (Å²) in [6.45, 7) is 0. The molecule has 2 heterocycles. The Hall–Kier alpha value is -3.01. The predicted octanol–water partition coefficient (Wildman–Crippen LogP) is 3.96. The monoisotopic (exact) mass is 305 g/mol. The maximum atomic E-state index is 5.18. The van der Waals surface area contributed by atoms with E-state index in [-0.39, 0.29) is 0 Å². The first kappa shape index (κ1) is 14.9. The van der Waals surface area contributed by atoms with Gasteiger partial charge in [0.15, 0.2) is 0 Å². The van der Waals surface area contributed by atoms with Crippen molar-refractivity contribution in [2.45, 2.75) is 0 Å². The van der Waals surface area contributed by atoms with Crippen LogP contribution in [0, 0.1) is 0 Å². The molecule has 0 saturated heterocycles. The Balaban J connectivity index is 1.81. The van der Waals surface area contributed by atoms with Gasteiger partial charge in [0.2, 0.25) is 0 Å². The average molecular weight is 305 g/mol. The van der Waals surface area contributed by atoms with E-state index < -0.39 is 0 Å². The zero-order valence-corrected chi connectivity index (χ0v) is 13.3. The van der Waals surface area contributed by atoms with E-state index in [4.69, 9.17) is 4.74 Å². The highest BCUT2D eigenvalue weighted by atomic mass is 16.5. The second-order valence-electron chi connectivity index (χ2n) is 5.11. The molecule has 0 aliphatic carbocycles. The molecule has 0 bridgehead atoms. The zero-order valence-electron chi connectivity index (χ0n) is 13.3. The number of ether oxygens (including phenoxy) is 1. The number of pyridine rings is 1. The lowest BCUT2D eigenvalue weighted by Crippen LogP contribution is -2.24. The van der Waals surface area contributed by atoms with Crippen LogP contribution in [0.5, 0.6) is 5.75 Å². The second-order valence-corrected chi connectivity index (χ2v) is 5.11. The van der Waals surface area contributed by atoms with Crippen molar-refractivity contribution in [2.75, 3.05) is 19.2 Å². The van der Waals surface area contributed by atoms with Crippen molar-refractivity contribution in [3.63, 3.8) is 0 Å². The Morgan fingerprint density at radius 3 is 2.43 bits per heavy atom. The van der Waals surface area contributed by atoms with Gasteiger partial charge in [-0.05, 0) is 48.0 Å². The van der Waals surface area contributed by atoms with Crippen LogP contribution >= 0.6 is 0 Å². The third-order valence-electron chi connectivity index (χ3n) is 3.68. The van der Waals surface area contributed by atoms with Crippen molar-refractivity contribution < 1.29 is 4.74 Å². The first-order chi connectivity index (χ1) is 11.3. The summed E-state index contributed by atoms with van der Waals surface area (Å²) in [7, 11) is 3.70. The molecular formula is C19H19N3O. The molecule has 0 aliphatic heterocycles. The topological polar surface area (TPSA) is 30.3 Å². The minimum absolute atomic E-state index is 0.864. The van der Waals surface area contributed by atoms with Gasteiger partial charge in [-0.2, -0.15) is 0 Å². The van der Waals surface area contributed by atoms with Crippen LogP contribution < -0.4 is 9.75 Å². The lowest BCUT2D eigenvalue weighted by Gasteiger charge is -2.22. The van der Waals surface area contributed by atoms with Gasteiger partial charge in [-0.25, -0.2) is 0 Å². The zero-order chi connectivity index (χ0) is 16.1. The fraction of sp³-hybridized carbons (Fsp3) is 0.105. The Morgan fingerprint density at radius 2 is 1.74 bits per heavy atom. The quantitative estimate of drug-likeness (QED) is 0.714. The first-order valence-electron chi connectivity index (χ1n) is 7.41. The largest absolute Gasteiger partial charge is 0.497 e. The van der Waals surface area contributed by atoms with Gasteiger partial charge in [-0.15, -0.1) is 0 Å². The molecule has 116 valence electrons. The standard InChI is InChI=1S/C19H19N3O/c1-21(17-11-13-20-14-12-17)22-15-3-4-18(22)8-5-16-6-9-19(23-2)10-7-16/h3-15H,1-2H3. The highest BCUT2D eigenvalue weighted by Gasteiger charge is 2.05. The highest BCUT2D eigenvalue weighted by molar-refractivity contribution is 5.69. The minimum atomic E-state index is 0.864. The lowest BCUT2D eigenvalue weighted by atomic mass is 10.2. The molecule has 0 spiro atoms. The van der Waals surface area contributed by atoms with Crippen LogP contribution in [0.25, 0.3) is 12.2 Å². The second kappa shape index (κ2) is 6.83. The van der Waals surface area contributed by atoms with Crippen LogP contribution in [0.2, 0.25) is 0 Å². The summed E-state index contributed by atoms with van der Waals surface area (Å²) in [6.07, 6.45) is 9.81. The van der Waals surface area contributed by atoms with Crippen LogP contribution in [-0.2, 0) is 0 Å². The third-order valence-corrected chi connectivity index (χ3v) is 3.68. The van der Waals surface area contributed by atoms with E-state index in [0.29, 0.717) is 0 Å². The molecule has 2 aromatic heterocycles. The number of hydrogen-bond acceptors (Lipinski definition) is 3. The normalized spacial score (nSPS) is 10.9. The Kier molecular flexibility index (Phi) is 4.43. The van der Waals surface area contributed by atoms with Crippen molar-refractivity contribution >= 4 is 17.8 Å². The Morgan fingerprint density at radius 1 is 1.00 bits per heavy atom. The molecule has 0 aliphatic rings. The van der Waals surface area contributed by atoms with Crippen molar-refractivity contribution in [1.29, 1.82) is 0 Å². The van der Waals surface area contributed by atoms with Gasteiger partial charge in [0.05, 0.1) is 18.5 Å². The fourth-order valence-electron chi connectivity index (χ4n) is 2.37. The molecule has 0 amide bonds. The molecule has 0 N–H and O–H groups in total. The minimum Gasteiger partial charge on any atom is -0.497 e. The number of anilines is 1. The van der Waals surface area contributed by atoms with Crippen molar-refractivity contribution in [2.24, 2.45) is 0 Å². The van der Waals surface area contributed by atoms with Crippen LogP contribution in [-0.4, -0.2) is 23.8 Å². The molecule has 0 unspecified atom stereocenters. The summed E-state index contributed by atoms with van der Waals surface area (Å²) in [5, 5.41) is 2.08. The maximum absolute atomic E-state index is 5.18. The molecule has 3 rings (SSSR count). The van der Waals surface area contributed by atoms with Gasteiger partial charge in [-0.3, -0.25) is 14.7 Å². The van der Waals surface area contributed by atoms with Crippen LogP contribution in [0.4, 0.5) is 5.69 Å². The highest BCUT2D eigenvalue weighted by Crippen LogP contribution is 2.17. The number of rotatable bonds is 5. The van der Waals surface area contributed by atoms with Gasteiger partial charge < -0.3 is 4.74 Å². The molecule has 3 aromatic rings. The van der Waals surface area contributed by atoms with Crippen molar-refractivity contribution in [3.05, 3.63) is 78.4 Å². The fourth-order valence-corrected chi connectivity index (χ4v) is 2.37. The average Bonchev–Trinajstić information content (AvgIpc) is 3.09. The van der Waals surface area contributed by atoms with Gasteiger partial charge in [0, 0.05) is 25.6 Å². The molecular weight excluding hydrogens is 286 g/mol. The summed E-state index contributed by atoms with van der Waals surface area (Å²) < 4.78 is 7.27. The van der Waals surface area contributed by atoms with E-state index in [1.165, 1.54) is 0 Å². The predicted molar refractivity (Wildman–Crippen MR) is 94.4 cm³/mol. The van der Waals surface area contributed by atoms with E-state index in [0.717, 1.165) is 22.7 Å². The Bertz CT molecular complexity index is 776. The summed E-state index contributed by atoms with van der Waals surface area (Å²) >= 11 is 0. The maximum Gasteiger partial charge on any atom is 0.118 e. The van der Waals surface area contributed by atoms with Crippen LogP contribution in [0.15, 0.2) is 67.1 Å². The first-order valence-corrected chi connectivity index (χ1v) is 7.41. The van der Waals surface area contributed by atoms with Crippen molar-refractivity contribution in [1.82, 2.24) is 9.66 Å². The summed E-state index contributed by atoms with van der Waals surface area (Å²) in [6, 6.07) is 16.1. The van der Waals surface area contributed by atoms with Crippen molar-refractivity contribution in [3.8, 4) is 5.75 Å². The number of benzene rings is 1. The van der Waals surface area contributed by atoms with Gasteiger partial charge in [0.25, 0.3) is 0 Å². The number of methoxy groups -OCH3 is 1. The molecule has 0 fully saturated rings. The summed E-state index contributed by atoms with van der Waals surface area (Å²) in [5.41, 5.74) is 3.31. The number of hydrogen-bond donors (Lipinski definition) is 0. The van der Waals surface area contributed by atoms with E-state index in [1.807, 2.05) is 55.7 Å². The molecule has 0 saturated carbocycles. The lowest BCUT2D eigenvalue weighted by molar-refractivity contribution is 0.415. The number of aromatic nitrogens is 2. The molecule has 1 aromatic carbocycles. The van der Waals surface area contributed by atoms with Crippen LogP contribution in [0.3, 0.4) is 0 Å².